The van der Waals surface area contributed by atoms with Gasteiger partial charge in [-0.2, -0.15) is 0 Å². The van der Waals surface area contributed by atoms with Crippen molar-refractivity contribution in [1.29, 1.82) is 0 Å². The summed E-state index contributed by atoms with van der Waals surface area (Å²) in [4.78, 5) is 22.9. The maximum atomic E-state index is 11.5. The van der Waals surface area contributed by atoms with Crippen LogP contribution in [0.25, 0.3) is 0 Å². The second-order valence-corrected chi connectivity index (χ2v) is 4.69. The van der Waals surface area contributed by atoms with Gasteiger partial charge in [0.2, 0.25) is 10.9 Å². The van der Waals surface area contributed by atoms with Crippen molar-refractivity contribution in [3.05, 3.63) is 67.5 Å². The van der Waals surface area contributed by atoms with Crippen molar-refractivity contribution in [3.63, 3.8) is 0 Å². The Balaban J connectivity index is 2.13. The first-order valence-electron chi connectivity index (χ1n) is 5.97. The van der Waals surface area contributed by atoms with Crippen molar-refractivity contribution >= 4 is 0 Å². The maximum Gasteiger partial charge on any atom is 0.229 e. The van der Waals surface area contributed by atoms with Gasteiger partial charge >= 0.3 is 0 Å². The SMILES string of the molecule is CC(C)c1c(CCc2ccccc2)c(=O)c1=O. The standard InChI is InChI=1S/C15H16O2/c1-10(2)13-12(14(16)15(13)17)9-8-11-6-4-3-5-7-11/h3-7,10H,8-9H2,1-2H3. The molecule has 0 saturated carbocycles. The molecule has 0 bridgehead atoms. The van der Waals surface area contributed by atoms with E-state index in [4.69, 9.17) is 0 Å². The van der Waals surface area contributed by atoms with Gasteiger partial charge in [-0.05, 0) is 24.3 Å². The smallest absolute Gasteiger partial charge is 0.229 e. The van der Waals surface area contributed by atoms with Crippen molar-refractivity contribution in [2.24, 2.45) is 0 Å². The van der Waals surface area contributed by atoms with Crippen LogP contribution in [-0.4, -0.2) is 0 Å². The summed E-state index contributed by atoms with van der Waals surface area (Å²) >= 11 is 0. The van der Waals surface area contributed by atoms with Gasteiger partial charge in [-0.3, -0.25) is 9.59 Å². The van der Waals surface area contributed by atoms with Crippen LogP contribution >= 0.6 is 0 Å². The van der Waals surface area contributed by atoms with Crippen molar-refractivity contribution in [3.8, 4) is 0 Å². The molecule has 0 amide bonds. The second kappa shape index (κ2) is 4.66. The summed E-state index contributed by atoms with van der Waals surface area (Å²) in [5.74, 6) is 0.158. The van der Waals surface area contributed by atoms with Gasteiger partial charge in [0, 0.05) is 11.1 Å². The van der Waals surface area contributed by atoms with E-state index in [1.54, 1.807) is 0 Å². The van der Waals surface area contributed by atoms with E-state index in [1.165, 1.54) is 5.56 Å². The normalized spacial score (nSPS) is 11.2. The number of hydrogen-bond donors (Lipinski definition) is 0. The largest absolute Gasteiger partial charge is 0.285 e. The monoisotopic (exact) mass is 228 g/mol. The number of rotatable bonds is 4. The summed E-state index contributed by atoms with van der Waals surface area (Å²) in [6.45, 7) is 3.92. The molecule has 0 unspecified atom stereocenters. The molecule has 2 aromatic rings. The number of benzene rings is 1. The molecule has 0 atom stereocenters. The fraction of sp³-hybridized carbons (Fsp3) is 0.333. The van der Waals surface area contributed by atoms with Crippen LogP contribution in [0.5, 0.6) is 0 Å². The molecular weight excluding hydrogens is 212 g/mol. The first-order valence-corrected chi connectivity index (χ1v) is 5.97. The van der Waals surface area contributed by atoms with Gasteiger partial charge in [-0.15, -0.1) is 0 Å². The molecule has 0 aromatic heterocycles. The Kier molecular flexibility index (Phi) is 3.23. The van der Waals surface area contributed by atoms with Gasteiger partial charge in [0.25, 0.3) is 0 Å². The third kappa shape index (κ3) is 2.21. The molecule has 17 heavy (non-hydrogen) atoms. The van der Waals surface area contributed by atoms with E-state index in [1.807, 2.05) is 44.2 Å². The molecule has 0 aliphatic heterocycles. The lowest BCUT2D eigenvalue weighted by atomic mass is 9.88. The molecule has 88 valence electrons. The molecule has 0 radical (unpaired) electrons. The molecule has 2 nitrogen and oxygen atoms in total. The van der Waals surface area contributed by atoms with E-state index in [2.05, 4.69) is 0 Å². The zero-order valence-corrected chi connectivity index (χ0v) is 10.2. The summed E-state index contributed by atoms with van der Waals surface area (Å²) < 4.78 is 0. The highest BCUT2D eigenvalue weighted by Crippen LogP contribution is 2.16. The lowest BCUT2D eigenvalue weighted by Gasteiger charge is -2.13. The minimum Gasteiger partial charge on any atom is -0.285 e. The summed E-state index contributed by atoms with van der Waals surface area (Å²) in [5.41, 5.74) is 2.14. The molecule has 2 heteroatoms. The zero-order valence-electron chi connectivity index (χ0n) is 10.2. The maximum absolute atomic E-state index is 11.5. The number of aryl methyl sites for hydroxylation is 1. The van der Waals surface area contributed by atoms with Gasteiger partial charge in [0.1, 0.15) is 0 Å². The van der Waals surface area contributed by atoms with E-state index < -0.39 is 0 Å². The van der Waals surface area contributed by atoms with Crippen LogP contribution in [0, 0.1) is 0 Å². The van der Waals surface area contributed by atoms with Gasteiger partial charge in [0.15, 0.2) is 0 Å². The highest BCUT2D eigenvalue weighted by atomic mass is 16.2. The molecule has 0 spiro atoms. The Morgan fingerprint density at radius 1 is 0.941 bits per heavy atom. The summed E-state index contributed by atoms with van der Waals surface area (Å²) in [5, 5.41) is 0. The topological polar surface area (TPSA) is 34.1 Å². The molecule has 0 saturated heterocycles. The van der Waals surface area contributed by atoms with Gasteiger partial charge in [0.05, 0.1) is 0 Å². The molecule has 0 aliphatic carbocycles. The molecular formula is C15H16O2. The summed E-state index contributed by atoms with van der Waals surface area (Å²) in [6.07, 6.45) is 1.51. The van der Waals surface area contributed by atoms with Crippen molar-refractivity contribution in [2.45, 2.75) is 32.6 Å². The molecule has 0 fully saturated rings. The molecule has 2 rings (SSSR count). The Hall–Kier alpha value is -1.70. The highest BCUT2D eigenvalue weighted by Gasteiger charge is 2.22. The van der Waals surface area contributed by atoms with Crippen LogP contribution < -0.4 is 10.9 Å². The Morgan fingerprint density at radius 3 is 2.18 bits per heavy atom. The second-order valence-electron chi connectivity index (χ2n) is 4.69. The van der Waals surface area contributed by atoms with E-state index in [0.717, 1.165) is 17.5 Å². The first-order chi connectivity index (χ1) is 8.11. The predicted molar refractivity (Wildman–Crippen MR) is 69.3 cm³/mol. The van der Waals surface area contributed by atoms with Gasteiger partial charge in [-0.1, -0.05) is 44.2 Å². The third-order valence-electron chi connectivity index (χ3n) is 3.13. The Morgan fingerprint density at radius 2 is 1.59 bits per heavy atom. The highest BCUT2D eigenvalue weighted by molar-refractivity contribution is 5.36. The van der Waals surface area contributed by atoms with Crippen molar-refractivity contribution in [1.82, 2.24) is 0 Å². The van der Waals surface area contributed by atoms with Gasteiger partial charge < -0.3 is 0 Å². The van der Waals surface area contributed by atoms with E-state index in [-0.39, 0.29) is 16.8 Å². The third-order valence-corrected chi connectivity index (χ3v) is 3.13. The van der Waals surface area contributed by atoms with E-state index in [9.17, 15) is 9.59 Å². The molecule has 0 aliphatic rings. The minimum atomic E-state index is -0.275. The van der Waals surface area contributed by atoms with Crippen molar-refractivity contribution < 1.29 is 0 Å². The zero-order chi connectivity index (χ0) is 12.4. The average Bonchev–Trinajstić information content (AvgIpc) is 2.33. The molecule has 2 aromatic carbocycles. The molecule has 0 heterocycles. The van der Waals surface area contributed by atoms with E-state index in [0.29, 0.717) is 6.42 Å². The lowest BCUT2D eigenvalue weighted by molar-refractivity contribution is 0.791. The van der Waals surface area contributed by atoms with Crippen LogP contribution in [0.15, 0.2) is 39.9 Å². The quantitative estimate of drug-likeness (QED) is 0.752. The fourth-order valence-corrected chi connectivity index (χ4v) is 2.23. The molecule has 0 N–H and O–H groups in total. The Bertz CT molecular complexity index is 572. The van der Waals surface area contributed by atoms with Crippen molar-refractivity contribution in [2.75, 3.05) is 0 Å². The predicted octanol–water partition coefficient (Wildman–Crippen LogP) is 2.19. The average molecular weight is 228 g/mol. The van der Waals surface area contributed by atoms with E-state index >= 15 is 0 Å². The lowest BCUT2D eigenvalue weighted by Crippen LogP contribution is -2.40. The summed E-state index contributed by atoms with van der Waals surface area (Å²) in [6, 6.07) is 10.0. The van der Waals surface area contributed by atoms with Crippen LogP contribution in [0.1, 0.15) is 36.5 Å². The first kappa shape index (κ1) is 11.8. The van der Waals surface area contributed by atoms with Gasteiger partial charge in [-0.25, -0.2) is 0 Å². The summed E-state index contributed by atoms with van der Waals surface area (Å²) in [7, 11) is 0. The fourth-order valence-electron chi connectivity index (χ4n) is 2.23. The van der Waals surface area contributed by atoms with Crippen LogP contribution in [-0.2, 0) is 12.8 Å². The number of hydrogen-bond acceptors (Lipinski definition) is 2. The van der Waals surface area contributed by atoms with Crippen LogP contribution in [0.4, 0.5) is 0 Å². The minimum absolute atomic E-state index is 0.158. The van der Waals surface area contributed by atoms with Crippen LogP contribution in [0.3, 0.4) is 0 Å². The Labute approximate surface area is 101 Å². The van der Waals surface area contributed by atoms with Crippen LogP contribution in [0.2, 0.25) is 0 Å².